The van der Waals surface area contributed by atoms with Gasteiger partial charge in [0.1, 0.15) is 5.75 Å². The Morgan fingerprint density at radius 2 is 1.70 bits per heavy atom. The van der Waals surface area contributed by atoms with Crippen molar-refractivity contribution in [2.45, 2.75) is 59.2 Å². The van der Waals surface area contributed by atoms with Crippen LogP contribution in [0.2, 0.25) is 19.6 Å². The van der Waals surface area contributed by atoms with Gasteiger partial charge in [-0.3, -0.25) is 6.08 Å². The molecule has 1 aliphatic rings. The van der Waals surface area contributed by atoms with Gasteiger partial charge in [0, 0.05) is 8.07 Å². The minimum absolute atomic E-state index is 0.115. The fraction of sp³-hybridized carbons (Fsp3) is 0.450. The summed E-state index contributed by atoms with van der Waals surface area (Å²) in [6, 6.07) is 5.71. The zero-order valence-electron chi connectivity index (χ0n) is 15.7. The van der Waals surface area contributed by atoms with Gasteiger partial charge in [0.05, 0.1) is 0 Å². The van der Waals surface area contributed by atoms with Crippen LogP contribution in [0.1, 0.15) is 38.3 Å². The van der Waals surface area contributed by atoms with E-state index in [0.717, 1.165) is 12.0 Å². The zero-order chi connectivity index (χ0) is 18.3. The van der Waals surface area contributed by atoms with Crippen LogP contribution in [-0.4, -0.2) is 18.0 Å². The Morgan fingerprint density at radius 1 is 1.13 bits per heavy atom. The first kappa shape index (κ1) is 22.3. The number of aryl methyl sites for hydroxylation is 1. The zero-order valence-corrected chi connectivity index (χ0v) is 18.3. The van der Waals surface area contributed by atoms with Gasteiger partial charge in [-0.15, -0.1) is 6.42 Å². The van der Waals surface area contributed by atoms with Crippen LogP contribution in [0.4, 0.5) is 0 Å². The van der Waals surface area contributed by atoms with Crippen molar-refractivity contribution in [3.05, 3.63) is 52.8 Å². The Hall–Kier alpha value is -0.699. The maximum atomic E-state index is 9.36. The van der Waals surface area contributed by atoms with E-state index in [1.165, 1.54) is 10.8 Å². The molecule has 1 aliphatic carbocycles. The summed E-state index contributed by atoms with van der Waals surface area (Å²) in [6.07, 6.45) is 8.82. The summed E-state index contributed by atoms with van der Waals surface area (Å²) in [5.74, 6) is 0.361. The Balaban J connectivity index is 0.000000392. The van der Waals surface area contributed by atoms with Crippen LogP contribution in [-0.2, 0) is 25.4 Å². The molecular weight excluding hydrogens is 332 g/mol. The monoisotopic (exact) mass is 363 g/mol. The first-order chi connectivity index (χ1) is 10.5. The summed E-state index contributed by atoms with van der Waals surface area (Å²) in [5.41, 5.74) is 2.41. The predicted octanol–water partition coefficient (Wildman–Crippen LogP) is 5.52. The van der Waals surface area contributed by atoms with Crippen molar-refractivity contribution in [1.29, 1.82) is 0 Å². The van der Waals surface area contributed by atoms with Gasteiger partial charge >= 0.3 is 24.8 Å². The van der Waals surface area contributed by atoms with Gasteiger partial charge in [-0.2, -0.15) is 6.08 Å². The summed E-state index contributed by atoms with van der Waals surface area (Å²) >= 11 is 1.75. The standard InChI is InChI=1S/C11H16O.C8H13Si.CH2.Ti/c1-8-5-9(11(2,3)4)7-10(12)6-8;1-9(2,3)8-6-4-5-7-8;;/h5-7,12H,1-4H3;4,6H,5H2,1-3H3;1H2;/q;-1;;+1. The van der Waals surface area contributed by atoms with Crippen LogP contribution in [0.25, 0.3) is 0 Å². The molecule has 0 bridgehead atoms. The van der Waals surface area contributed by atoms with E-state index < -0.39 is 8.07 Å². The Bertz CT molecular complexity index is 540. The van der Waals surface area contributed by atoms with Crippen molar-refractivity contribution in [3.63, 3.8) is 0 Å². The topological polar surface area (TPSA) is 20.2 Å². The molecule has 0 heterocycles. The van der Waals surface area contributed by atoms with Crippen LogP contribution < -0.4 is 0 Å². The molecule has 0 spiro atoms. The SMILES string of the molecule is C[Si](C)(C)C1=[C-]CC=C1.Cc1cc(O)cc(C(C)(C)C)c1.[CH2]=[Ti+]. The molecule has 1 nitrogen and oxygen atoms in total. The summed E-state index contributed by atoms with van der Waals surface area (Å²) in [4.78, 5) is 3.25. The van der Waals surface area contributed by atoms with Crippen molar-refractivity contribution in [1.82, 2.24) is 0 Å². The Morgan fingerprint density at radius 3 is 2.00 bits per heavy atom. The molecule has 23 heavy (non-hydrogen) atoms. The summed E-state index contributed by atoms with van der Waals surface area (Å²) in [6.45, 7) is 15.5. The second kappa shape index (κ2) is 9.56. The molecule has 2 rings (SSSR count). The summed E-state index contributed by atoms with van der Waals surface area (Å²) in [5, 5.41) is 10.8. The second-order valence-electron chi connectivity index (χ2n) is 7.75. The molecule has 0 atom stereocenters. The maximum absolute atomic E-state index is 9.36. The Kier molecular flexibility index (Phi) is 9.27. The normalized spacial score (nSPS) is 13.5. The molecule has 1 aromatic carbocycles. The van der Waals surface area contributed by atoms with E-state index in [9.17, 15) is 5.11 Å². The van der Waals surface area contributed by atoms with Gasteiger partial charge in [0.15, 0.2) is 0 Å². The van der Waals surface area contributed by atoms with Crippen LogP contribution in [0.3, 0.4) is 0 Å². The van der Waals surface area contributed by atoms with Crippen molar-refractivity contribution in [2.75, 3.05) is 0 Å². The third-order valence-corrected chi connectivity index (χ3v) is 5.39. The van der Waals surface area contributed by atoms with Crippen molar-refractivity contribution in [2.24, 2.45) is 0 Å². The van der Waals surface area contributed by atoms with Gasteiger partial charge in [-0.25, -0.2) is 11.3 Å². The molecule has 0 aliphatic heterocycles. The van der Waals surface area contributed by atoms with E-state index in [1.807, 2.05) is 13.0 Å². The molecule has 0 radical (unpaired) electrons. The van der Waals surface area contributed by atoms with Crippen molar-refractivity contribution < 1.29 is 25.1 Å². The molecule has 125 valence electrons. The Labute approximate surface area is 155 Å². The minimum atomic E-state index is -1.01. The summed E-state index contributed by atoms with van der Waals surface area (Å²) in [7, 11) is -1.01. The van der Waals surface area contributed by atoms with E-state index in [4.69, 9.17) is 0 Å². The van der Waals surface area contributed by atoms with Gasteiger partial charge in [-0.05, 0) is 35.6 Å². The van der Waals surface area contributed by atoms with Crippen molar-refractivity contribution >= 4 is 12.9 Å². The molecule has 0 aromatic heterocycles. The van der Waals surface area contributed by atoms with E-state index in [2.05, 4.69) is 69.5 Å². The fourth-order valence-electron chi connectivity index (χ4n) is 2.12. The molecule has 0 unspecified atom stereocenters. The van der Waals surface area contributed by atoms with Gasteiger partial charge < -0.3 is 5.11 Å². The second-order valence-corrected chi connectivity index (χ2v) is 12.8. The first-order valence-electron chi connectivity index (χ1n) is 7.94. The van der Waals surface area contributed by atoms with E-state index >= 15 is 0 Å². The average Bonchev–Trinajstić information content (AvgIpc) is 2.93. The molecule has 1 N–H and O–H groups in total. The number of hydrogen-bond donors (Lipinski definition) is 1. The van der Waals surface area contributed by atoms with Crippen molar-refractivity contribution in [3.8, 4) is 5.75 Å². The van der Waals surface area contributed by atoms with Gasteiger partial charge in [-0.1, -0.05) is 46.5 Å². The van der Waals surface area contributed by atoms with Crippen LogP contribution in [0, 0.1) is 13.0 Å². The first-order valence-corrected chi connectivity index (χ1v) is 12.5. The van der Waals surface area contributed by atoms with Gasteiger partial charge in [0.2, 0.25) is 0 Å². The average molecular weight is 363 g/mol. The molecule has 0 fully saturated rings. The summed E-state index contributed by atoms with van der Waals surface area (Å²) < 4.78 is 0. The third-order valence-electron chi connectivity index (χ3n) is 3.43. The number of rotatable bonds is 1. The number of phenolic OH excluding ortho intramolecular Hbond substituents is 1. The molecule has 3 heteroatoms. The van der Waals surface area contributed by atoms with Gasteiger partial charge in [0.25, 0.3) is 0 Å². The fourth-order valence-corrected chi connectivity index (χ4v) is 3.37. The quantitative estimate of drug-likeness (QED) is 0.515. The predicted molar refractivity (Wildman–Crippen MR) is 103 cm³/mol. The van der Waals surface area contributed by atoms with Crippen LogP contribution in [0.5, 0.6) is 5.75 Å². The number of benzene rings is 1. The molecule has 0 amide bonds. The van der Waals surface area contributed by atoms with E-state index in [-0.39, 0.29) is 5.41 Å². The molecule has 0 saturated carbocycles. The van der Waals surface area contributed by atoms with Crippen LogP contribution in [0.15, 0.2) is 35.5 Å². The number of allylic oxidation sites excluding steroid dienone is 4. The number of phenols is 1. The van der Waals surface area contributed by atoms with E-state index in [1.54, 1.807) is 26.0 Å². The number of aromatic hydroxyl groups is 1. The molecular formula is C20H31OSiTi. The number of hydrogen-bond acceptors (Lipinski definition) is 1. The van der Waals surface area contributed by atoms with E-state index in [0.29, 0.717) is 5.75 Å². The van der Waals surface area contributed by atoms with Crippen LogP contribution >= 0.6 is 0 Å². The molecule has 0 saturated heterocycles. The third kappa shape index (κ3) is 8.64. The molecule has 1 aromatic rings.